The van der Waals surface area contributed by atoms with Crippen LogP contribution in [0, 0.1) is 0 Å². The van der Waals surface area contributed by atoms with Crippen LogP contribution in [0.3, 0.4) is 0 Å². The van der Waals surface area contributed by atoms with Crippen LogP contribution in [0.5, 0.6) is 0 Å². The Labute approximate surface area is 195 Å². The minimum atomic E-state index is -4.45. The number of fused-ring (bicyclic) bond motifs is 1. The maximum Gasteiger partial charge on any atom is 0.416 e. The molecule has 3 rings (SSSR count). The number of benzene rings is 1. The van der Waals surface area contributed by atoms with Gasteiger partial charge < -0.3 is 20.1 Å². The van der Waals surface area contributed by atoms with Crippen LogP contribution < -0.4 is 10.6 Å². The number of nitrogens with one attached hydrogen (secondary N) is 2. The molecule has 0 saturated heterocycles. The number of carbonyl (C=O) groups is 2. The topological polar surface area (TPSA) is 89.5 Å². The molecule has 2 N–H and O–H groups in total. The monoisotopic (exact) mass is 479 g/mol. The van der Waals surface area contributed by atoms with Crippen molar-refractivity contribution >= 4 is 22.7 Å². The molecule has 0 bridgehead atoms. The molecule has 184 valence electrons. The number of hydrogen-bond acceptors (Lipinski definition) is 5. The fraction of sp³-hybridized carbons (Fsp3) is 0.458. The molecule has 34 heavy (non-hydrogen) atoms. The SMILES string of the molecule is C=C(CCNC(=O)CO[C@H]1C[C@@H](OC(C)C)C1)NC(=O)c1ccc2cc(C(F)(F)F)ccc2n1. The van der Waals surface area contributed by atoms with E-state index in [4.69, 9.17) is 9.47 Å². The van der Waals surface area contributed by atoms with Gasteiger partial charge in [-0.3, -0.25) is 9.59 Å². The summed E-state index contributed by atoms with van der Waals surface area (Å²) >= 11 is 0. The third-order valence-corrected chi connectivity index (χ3v) is 5.25. The van der Waals surface area contributed by atoms with Crippen LogP contribution >= 0.6 is 0 Å². The highest BCUT2D eigenvalue weighted by Gasteiger charge is 2.32. The summed E-state index contributed by atoms with van der Waals surface area (Å²) in [5.74, 6) is -0.800. The molecule has 0 aliphatic heterocycles. The lowest BCUT2D eigenvalue weighted by atomic mass is 9.92. The van der Waals surface area contributed by atoms with E-state index in [1.54, 1.807) is 0 Å². The summed E-state index contributed by atoms with van der Waals surface area (Å²) in [4.78, 5) is 28.4. The molecule has 1 aromatic carbocycles. The summed E-state index contributed by atoms with van der Waals surface area (Å²) in [5.41, 5.74) is -0.0942. The molecule has 0 unspecified atom stereocenters. The molecule has 10 heteroatoms. The normalized spacial score (nSPS) is 17.9. The van der Waals surface area contributed by atoms with Crippen molar-refractivity contribution in [3.8, 4) is 0 Å². The Morgan fingerprint density at radius 3 is 2.59 bits per heavy atom. The van der Waals surface area contributed by atoms with Gasteiger partial charge in [-0.15, -0.1) is 0 Å². The van der Waals surface area contributed by atoms with Crippen molar-refractivity contribution in [3.63, 3.8) is 0 Å². The molecular formula is C24H28F3N3O4. The van der Waals surface area contributed by atoms with Gasteiger partial charge in [-0.05, 0) is 51.0 Å². The number of aromatic nitrogens is 1. The number of ether oxygens (including phenoxy) is 2. The van der Waals surface area contributed by atoms with Gasteiger partial charge in [-0.1, -0.05) is 12.6 Å². The van der Waals surface area contributed by atoms with Crippen molar-refractivity contribution in [1.29, 1.82) is 0 Å². The number of hydrogen-bond donors (Lipinski definition) is 2. The number of halogens is 3. The van der Waals surface area contributed by atoms with Gasteiger partial charge >= 0.3 is 6.18 Å². The number of pyridine rings is 1. The van der Waals surface area contributed by atoms with Crippen LogP contribution in [0.2, 0.25) is 0 Å². The zero-order valence-electron chi connectivity index (χ0n) is 19.1. The predicted octanol–water partition coefficient (Wildman–Crippen LogP) is 3.98. The van der Waals surface area contributed by atoms with E-state index in [2.05, 4.69) is 22.2 Å². The fourth-order valence-corrected chi connectivity index (χ4v) is 3.46. The van der Waals surface area contributed by atoms with Gasteiger partial charge in [-0.25, -0.2) is 4.98 Å². The lowest BCUT2D eigenvalue weighted by molar-refractivity contribution is -0.141. The van der Waals surface area contributed by atoms with Gasteiger partial charge in [-0.2, -0.15) is 13.2 Å². The molecule has 1 aliphatic rings. The second kappa shape index (κ2) is 11.0. The third kappa shape index (κ3) is 7.26. The van der Waals surface area contributed by atoms with Crippen molar-refractivity contribution in [2.24, 2.45) is 0 Å². The van der Waals surface area contributed by atoms with E-state index in [0.717, 1.165) is 25.0 Å². The summed E-state index contributed by atoms with van der Waals surface area (Å²) in [6, 6.07) is 5.89. The molecule has 0 atom stereocenters. The van der Waals surface area contributed by atoms with Gasteiger partial charge in [0.05, 0.1) is 29.4 Å². The van der Waals surface area contributed by atoms with Crippen LogP contribution in [-0.2, 0) is 20.4 Å². The minimum absolute atomic E-state index is 0.0262. The van der Waals surface area contributed by atoms with Crippen molar-refractivity contribution in [2.45, 2.75) is 57.6 Å². The van der Waals surface area contributed by atoms with E-state index in [1.807, 2.05) is 13.8 Å². The van der Waals surface area contributed by atoms with Crippen LogP contribution in [0.25, 0.3) is 10.9 Å². The van der Waals surface area contributed by atoms with Crippen molar-refractivity contribution in [2.75, 3.05) is 13.2 Å². The maximum atomic E-state index is 12.8. The van der Waals surface area contributed by atoms with Crippen molar-refractivity contribution in [1.82, 2.24) is 15.6 Å². The number of alkyl halides is 3. The van der Waals surface area contributed by atoms with Crippen LogP contribution in [0.1, 0.15) is 49.2 Å². The Morgan fingerprint density at radius 2 is 1.91 bits per heavy atom. The summed E-state index contributed by atoms with van der Waals surface area (Å²) < 4.78 is 49.7. The lowest BCUT2D eigenvalue weighted by Gasteiger charge is -2.35. The molecular weight excluding hydrogens is 451 g/mol. The first-order chi connectivity index (χ1) is 16.0. The number of amides is 2. The van der Waals surface area contributed by atoms with E-state index in [9.17, 15) is 22.8 Å². The predicted molar refractivity (Wildman–Crippen MR) is 120 cm³/mol. The third-order valence-electron chi connectivity index (χ3n) is 5.25. The van der Waals surface area contributed by atoms with E-state index >= 15 is 0 Å². The van der Waals surface area contributed by atoms with Gasteiger partial charge in [0.1, 0.15) is 12.3 Å². The Bertz CT molecular complexity index is 1050. The van der Waals surface area contributed by atoms with Gasteiger partial charge in [0, 0.05) is 24.0 Å². The highest BCUT2D eigenvalue weighted by molar-refractivity contribution is 5.95. The summed E-state index contributed by atoms with van der Waals surface area (Å²) in [5, 5.41) is 5.56. The second-order valence-corrected chi connectivity index (χ2v) is 8.47. The Kier molecular flexibility index (Phi) is 8.27. The second-order valence-electron chi connectivity index (χ2n) is 8.47. The number of rotatable bonds is 10. The Morgan fingerprint density at radius 1 is 1.18 bits per heavy atom. The zero-order valence-corrected chi connectivity index (χ0v) is 19.1. The highest BCUT2D eigenvalue weighted by Crippen LogP contribution is 2.31. The Balaban J connectivity index is 1.38. The van der Waals surface area contributed by atoms with E-state index in [0.29, 0.717) is 12.1 Å². The van der Waals surface area contributed by atoms with Gasteiger partial charge in [0.15, 0.2) is 0 Å². The van der Waals surface area contributed by atoms with Crippen LogP contribution in [0.4, 0.5) is 13.2 Å². The number of nitrogens with zero attached hydrogens (tertiary/aromatic N) is 1. The van der Waals surface area contributed by atoms with Crippen LogP contribution in [0.15, 0.2) is 42.6 Å². The average Bonchev–Trinajstić information content (AvgIpc) is 2.73. The molecule has 2 aromatic rings. The van der Waals surface area contributed by atoms with E-state index in [-0.39, 0.29) is 54.0 Å². The average molecular weight is 479 g/mol. The molecule has 1 saturated carbocycles. The summed E-state index contributed by atoms with van der Waals surface area (Å²) in [7, 11) is 0. The quantitative estimate of drug-likeness (QED) is 0.538. The first-order valence-electron chi connectivity index (χ1n) is 11.0. The van der Waals surface area contributed by atoms with Gasteiger partial charge in [0.25, 0.3) is 5.91 Å². The molecule has 1 heterocycles. The van der Waals surface area contributed by atoms with E-state index in [1.165, 1.54) is 18.2 Å². The lowest BCUT2D eigenvalue weighted by Crippen LogP contribution is -2.41. The molecule has 1 aromatic heterocycles. The first kappa shape index (κ1) is 25.6. The maximum absolute atomic E-state index is 12.8. The highest BCUT2D eigenvalue weighted by atomic mass is 19.4. The minimum Gasteiger partial charge on any atom is -0.375 e. The molecule has 7 nitrogen and oxygen atoms in total. The molecule has 1 aliphatic carbocycles. The first-order valence-corrected chi connectivity index (χ1v) is 11.0. The molecule has 1 fully saturated rings. The summed E-state index contributed by atoms with van der Waals surface area (Å²) in [6.45, 7) is 7.94. The van der Waals surface area contributed by atoms with E-state index < -0.39 is 17.6 Å². The summed E-state index contributed by atoms with van der Waals surface area (Å²) in [6.07, 6.45) is -2.21. The van der Waals surface area contributed by atoms with Gasteiger partial charge in [0.2, 0.25) is 5.91 Å². The largest absolute Gasteiger partial charge is 0.416 e. The van der Waals surface area contributed by atoms with Crippen LogP contribution in [-0.4, -0.2) is 48.3 Å². The van der Waals surface area contributed by atoms with Crippen molar-refractivity contribution in [3.05, 3.63) is 53.9 Å². The molecule has 2 amide bonds. The standard InChI is InChI=1S/C24H28F3N3O4/c1-14(2)34-19-11-18(12-19)33-13-22(31)28-9-8-15(3)29-23(32)21-6-4-16-10-17(24(25,26)27)5-7-20(16)30-21/h4-7,10,14,18-19H,3,8-9,11-13H2,1-2H3,(H,28,31)(H,29,32)/t18-,19+. The fourth-order valence-electron chi connectivity index (χ4n) is 3.46. The smallest absolute Gasteiger partial charge is 0.375 e. The molecule has 0 spiro atoms. The zero-order chi connectivity index (χ0) is 24.9. The molecule has 0 radical (unpaired) electrons. The van der Waals surface area contributed by atoms with Crippen molar-refractivity contribution < 1.29 is 32.2 Å². The number of carbonyl (C=O) groups excluding carboxylic acids is 2. The Hall–Kier alpha value is -2.98.